The zero-order valence-electron chi connectivity index (χ0n) is 9.82. The molecule has 0 bridgehead atoms. The molecule has 1 N–H and O–H groups in total. The second kappa shape index (κ2) is 4.92. The van der Waals surface area contributed by atoms with Crippen molar-refractivity contribution in [1.82, 2.24) is 15.0 Å². The predicted octanol–water partition coefficient (Wildman–Crippen LogP) is 4.45. The van der Waals surface area contributed by atoms with Gasteiger partial charge in [-0.1, -0.05) is 11.6 Å². The third-order valence-corrected chi connectivity index (χ3v) is 3.81. The van der Waals surface area contributed by atoms with Crippen molar-refractivity contribution >= 4 is 56.4 Å². The summed E-state index contributed by atoms with van der Waals surface area (Å²) in [5, 5.41) is 4.86. The molecule has 4 nitrogen and oxygen atoms in total. The first-order valence-corrected chi connectivity index (χ1v) is 7.01. The molecule has 0 aliphatic carbocycles. The summed E-state index contributed by atoms with van der Waals surface area (Å²) < 4.78 is 0. The number of nitrogens with zero attached hydrogens (tertiary/aromatic N) is 3. The van der Waals surface area contributed by atoms with E-state index >= 15 is 0 Å². The highest BCUT2D eigenvalue weighted by molar-refractivity contribution is 7.18. The molecule has 3 aromatic heterocycles. The first kappa shape index (κ1) is 12.6. The Morgan fingerprint density at radius 2 is 2.05 bits per heavy atom. The van der Waals surface area contributed by atoms with Crippen molar-refractivity contribution in [3.05, 3.63) is 39.6 Å². The Labute approximate surface area is 123 Å². The number of aryl methyl sites for hydroxylation is 1. The molecular weight excluding hydrogens is 303 g/mol. The number of nitrogens with one attached hydrogen (secondary N) is 1. The summed E-state index contributed by atoms with van der Waals surface area (Å²) in [7, 11) is 0. The topological polar surface area (TPSA) is 50.7 Å². The molecule has 96 valence electrons. The largest absolute Gasteiger partial charge is 0.324 e. The van der Waals surface area contributed by atoms with Crippen LogP contribution in [0.15, 0.2) is 24.4 Å². The molecule has 3 aromatic rings. The van der Waals surface area contributed by atoms with E-state index in [9.17, 15) is 0 Å². The van der Waals surface area contributed by atoms with E-state index in [-0.39, 0.29) is 5.28 Å². The van der Waals surface area contributed by atoms with E-state index in [4.69, 9.17) is 23.2 Å². The smallest absolute Gasteiger partial charge is 0.225 e. The summed E-state index contributed by atoms with van der Waals surface area (Å²) in [5.41, 5.74) is 0. The first-order chi connectivity index (χ1) is 9.11. The molecule has 0 saturated heterocycles. The molecule has 7 heteroatoms. The van der Waals surface area contributed by atoms with Crippen molar-refractivity contribution in [3.8, 4) is 0 Å². The van der Waals surface area contributed by atoms with Gasteiger partial charge in [-0.15, -0.1) is 11.3 Å². The highest BCUT2D eigenvalue weighted by Gasteiger charge is 2.10. The molecule has 3 rings (SSSR count). The minimum atomic E-state index is 0.207. The van der Waals surface area contributed by atoms with Gasteiger partial charge in [0.25, 0.3) is 0 Å². The normalized spacial score (nSPS) is 10.9. The SMILES string of the molecule is Cc1cc2c(Nc3cc(Cl)ccn3)nc(Cl)nc2s1. The highest BCUT2D eigenvalue weighted by Crippen LogP contribution is 2.31. The molecule has 19 heavy (non-hydrogen) atoms. The lowest BCUT2D eigenvalue weighted by molar-refractivity contribution is 1.21. The number of halogens is 2. The van der Waals surface area contributed by atoms with Crippen LogP contribution in [-0.4, -0.2) is 15.0 Å². The van der Waals surface area contributed by atoms with Gasteiger partial charge < -0.3 is 5.32 Å². The Kier molecular flexibility index (Phi) is 3.26. The van der Waals surface area contributed by atoms with Gasteiger partial charge in [0, 0.05) is 16.1 Å². The van der Waals surface area contributed by atoms with E-state index in [1.54, 1.807) is 29.7 Å². The highest BCUT2D eigenvalue weighted by atomic mass is 35.5. The van der Waals surface area contributed by atoms with Gasteiger partial charge in [0.05, 0.1) is 5.39 Å². The monoisotopic (exact) mass is 310 g/mol. The molecule has 0 spiro atoms. The van der Waals surface area contributed by atoms with Crippen molar-refractivity contribution < 1.29 is 0 Å². The van der Waals surface area contributed by atoms with Crippen LogP contribution < -0.4 is 5.32 Å². The van der Waals surface area contributed by atoms with Crippen LogP contribution >= 0.6 is 34.5 Å². The standard InChI is InChI=1S/C12H8Cl2N4S/c1-6-4-8-10(17-12(14)18-11(8)19-6)16-9-5-7(13)2-3-15-9/h2-5H,1H3,(H,15,16,17,18). The van der Waals surface area contributed by atoms with Crippen molar-refractivity contribution in [3.63, 3.8) is 0 Å². The van der Waals surface area contributed by atoms with Crippen molar-refractivity contribution in [1.29, 1.82) is 0 Å². The van der Waals surface area contributed by atoms with Crippen LogP contribution in [0.1, 0.15) is 4.88 Å². The quantitative estimate of drug-likeness (QED) is 0.711. The average molecular weight is 311 g/mol. The molecule has 0 saturated carbocycles. The lowest BCUT2D eigenvalue weighted by Crippen LogP contribution is -1.97. The molecular formula is C12H8Cl2N4S. The Morgan fingerprint density at radius 1 is 1.21 bits per heavy atom. The van der Waals surface area contributed by atoms with Crippen LogP contribution in [0.3, 0.4) is 0 Å². The minimum Gasteiger partial charge on any atom is -0.324 e. The van der Waals surface area contributed by atoms with Gasteiger partial charge in [0.15, 0.2) is 0 Å². The fraction of sp³-hybridized carbons (Fsp3) is 0.0833. The lowest BCUT2D eigenvalue weighted by atomic mass is 10.3. The summed E-state index contributed by atoms with van der Waals surface area (Å²) in [6, 6.07) is 5.45. The molecule has 3 heterocycles. The summed E-state index contributed by atoms with van der Waals surface area (Å²) in [4.78, 5) is 14.6. The number of anilines is 2. The second-order valence-corrected chi connectivity index (χ2v) is 5.91. The van der Waals surface area contributed by atoms with Gasteiger partial charge >= 0.3 is 0 Å². The molecule has 0 aliphatic heterocycles. The Bertz CT molecular complexity index is 757. The number of rotatable bonds is 2. The lowest BCUT2D eigenvalue weighted by Gasteiger charge is -2.06. The minimum absolute atomic E-state index is 0.207. The van der Waals surface area contributed by atoms with Crippen LogP contribution in [0.2, 0.25) is 10.3 Å². The second-order valence-electron chi connectivity index (χ2n) is 3.90. The van der Waals surface area contributed by atoms with Gasteiger partial charge in [0.1, 0.15) is 16.5 Å². The van der Waals surface area contributed by atoms with E-state index in [0.29, 0.717) is 16.7 Å². The fourth-order valence-corrected chi connectivity index (χ4v) is 2.96. The maximum absolute atomic E-state index is 5.93. The summed E-state index contributed by atoms with van der Waals surface area (Å²) in [5.74, 6) is 1.25. The van der Waals surface area contributed by atoms with Gasteiger partial charge in [-0.25, -0.2) is 9.97 Å². The third kappa shape index (κ3) is 2.63. The van der Waals surface area contributed by atoms with Crippen LogP contribution in [0.4, 0.5) is 11.6 Å². The van der Waals surface area contributed by atoms with Crippen molar-refractivity contribution in [2.24, 2.45) is 0 Å². The maximum Gasteiger partial charge on any atom is 0.225 e. The predicted molar refractivity (Wildman–Crippen MR) is 79.7 cm³/mol. The number of hydrogen-bond donors (Lipinski definition) is 1. The maximum atomic E-state index is 5.93. The number of pyridine rings is 1. The van der Waals surface area contributed by atoms with E-state index in [2.05, 4.69) is 20.3 Å². The Hall–Kier alpha value is -1.43. The molecule has 0 aromatic carbocycles. The summed E-state index contributed by atoms with van der Waals surface area (Å²) in [6.45, 7) is 2.02. The molecule has 0 atom stereocenters. The van der Waals surface area contributed by atoms with Gasteiger partial charge in [-0.3, -0.25) is 0 Å². The third-order valence-electron chi connectivity index (χ3n) is 2.46. The molecule has 0 aliphatic rings. The summed E-state index contributed by atoms with van der Waals surface area (Å²) in [6.07, 6.45) is 1.63. The first-order valence-electron chi connectivity index (χ1n) is 5.44. The van der Waals surface area contributed by atoms with E-state index < -0.39 is 0 Å². The number of thiophene rings is 1. The molecule has 0 radical (unpaired) electrons. The summed E-state index contributed by atoms with van der Waals surface area (Å²) >= 11 is 13.4. The van der Waals surface area contributed by atoms with E-state index in [1.165, 1.54) is 0 Å². The van der Waals surface area contributed by atoms with Crippen molar-refractivity contribution in [2.45, 2.75) is 6.92 Å². The number of aromatic nitrogens is 3. The number of hydrogen-bond acceptors (Lipinski definition) is 5. The zero-order valence-corrected chi connectivity index (χ0v) is 12.1. The molecule has 0 fully saturated rings. The van der Waals surface area contributed by atoms with Gasteiger partial charge in [0.2, 0.25) is 5.28 Å². The number of fused-ring (bicyclic) bond motifs is 1. The van der Waals surface area contributed by atoms with Crippen LogP contribution in [0.5, 0.6) is 0 Å². The van der Waals surface area contributed by atoms with Gasteiger partial charge in [-0.05, 0) is 36.7 Å². The van der Waals surface area contributed by atoms with Gasteiger partial charge in [-0.2, -0.15) is 4.98 Å². The zero-order chi connectivity index (χ0) is 13.4. The average Bonchev–Trinajstić information content (AvgIpc) is 2.69. The molecule has 0 unspecified atom stereocenters. The van der Waals surface area contributed by atoms with Crippen LogP contribution in [0.25, 0.3) is 10.2 Å². The fourth-order valence-electron chi connectivity index (χ4n) is 1.71. The van der Waals surface area contributed by atoms with E-state index in [1.807, 2.05) is 13.0 Å². The van der Waals surface area contributed by atoms with Crippen LogP contribution in [-0.2, 0) is 0 Å². The Morgan fingerprint density at radius 3 is 2.84 bits per heavy atom. The van der Waals surface area contributed by atoms with Crippen LogP contribution in [0, 0.1) is 6.92 Å². The molecule has 0 amide bonds. The van der Waals surface area contributed by atoms with E-state index in [0.717, 1.165) is 15.1 Å². The Balaban J connectivity index is 2.09. The van der Waals surface area contributed by atoms with Crippen molar-refractivity contribution in [2.75, 3.05) is 5.32 Å².